The monoisotopic (exact) mass is 402 g/mol. The van der Waals surface area contributed by atoms with Crippen LogP contribution in [0.1, 0.15) is 26.7 Å². The van der Waals surface area contributed by atoms with Crippen molar-refractivity contribution in [3.05, 3.63) is 102 Å². The molecule has 2 aromatic heterocycles. The number of carboxylic acids is 1. The molecular formula is C24H15FO5. The van der Waals surface area contributed by atoms with Crippen LogP contribution in [0.15, 0.2) is 87.7 Å². The fourth-order valence-electron chi connectivity index (χ4n) is 2.85. The van der Waals surface area contributed by atoms with Gasteiger partial charge < -0.3 is 13.9 Å². The molecule has 0 saturated carbocycles. The number of carboxylic acid groups (broad SMARTS) is 1. The van der Waals surface area contributed by atoms with Crippen LogP contribution in [0.2, 0.25) is 0 Å². The molecule has 0 atom stereocenters. The zero-order valence-corrected chi connectivity index (χ0v) is 15.5. The quantitative estimate of drug-likeness (QED) is 0.319. The maximum absolute atomic E-state index is 13.0. The van der Waals surface area contributed by atoms with Crippen molar-refractivity contribution in [2.75, 3.05) is 0 Å². The molecule has 0 aliphatic rings. The lowest BCUT2D eigenvalue weighted by Crippen LogP contribution is -1.94. The van der Waals surface area contributed by atoms with Gasteiger partial charge in [-0.3, -0.25) is 4.79 Å². The predicted molar refractivity (Wildman–Crippen MR) is 109 cm³/mol. The van der Waals surface area contributed by atoms with Gasteiger partial charge >= 0.3 is 5.97 Å². The van der Waals surface area contributed by atoms with E-state index in [2.05, 4.69) is 0 Å². The Balaban J connectivity index is 1.46. The molecule has 0 amide bonds. The van der Waals surface area contributed by atoms with Crippen LogP contribution in [0.5, 0.6) is 0 Å². The highest BCUT2D eigenvalue weighted by atomic mass is 19.1. The fraction of sp³-hybridized carbons (Fsp3) is 0. The van der Waals surface area contributed by atoms with Gasteiger partial charge in [-0.1, -0.05) is 12.1 Å². The Morgan fingerprint density at radius 3 is 2.03 bits per heavy atom. The van der Waals surface area contributed by atoms with Crippen LogP contribution in [-0.4, -0.2) is 16.9 Å². The number of carbonyl (C=O) groups is 2. The molecule has 0 spiro atoms. The van der Waals surface area contributed by atoms with Gasteiger partial charge in [-0.05, 0) is 72.8 Å². The van der Waals surface area contributed by atoms with Crippen LogP contribution < -0.4 is 0 Å². The van der Waals surface area contributed by atoms with Crippen molar-refractivity contribution in [1.29, 1.82) is 0 Å². The molecule has 0 saturated heterocycles. The number of carbonyl (C=O) groups excluding carboxylic acids is 1. The molecule has 0 aliphatic carbocycles. The van der Waals surface area contributed by atoms with Crippen LogP contribution in [0, 0.1) is 5.82 Å². The first kappa shape index (κ1) is 19.1. The van der Waals surface area contributed by atoms with E-state index in [1.165, 1.54) is 36.4 Å². The molecule has 4 aromatic rings. The molecule has 4 rings (SSSR count). The molecule has 30 heavy (non-hydrogen) atoms. The molecule has 1 N–H and O–H groups in total. The summed E-state index contributed by atoms with van der Waals surface area (Å²) in [5.41, 5.74) is 1.58. The highest BCUT2D eigenvalue weighted by molar-refractivity contribution is 6.05. The average molecular weight is 402 g/mol. The number of ketones is 1. The average Bonchev–Trinajstić information content (AvgIpc) is 3.43. The number of hydrogen-bond donors (Lipinski definition) is 1. The van der Waals surface area contributed by atoms with E-state index in [0.717, 1.165) is 5.56 Å². The predicted octanol–water partition coefficient (Wildman–Crippen LogP) is 5.94. The Morgan fingerprint density at radius 2 is 1.37 bits per heavy atom. The van der Waals surface area contributed by atoms with Crippen LogP contribution in [0.3, 0.4) is 0 Å². The maximum Gasteiger partial charge on any atom is 0.335 e. The number of furan rings is 2. The van der Waals surface area contributed by atoms with Crippen molar-refractivity contribution in [1.82, 2.24) is 0 Å². The van der Waals surface area contributed by atoms with Crippen molar-refractivity contribution >= 4 is 17.8 Å². The van der Waals surface area contributed by atoms with Crippen LogP contribution in [0.4, 0.5) is 4.39 Å². The van der Waals surface area contributed by atoms with Gasteiger partial charge in [-0.25, -0.2) is 9.18 Å². The molecule has 0 radical (unpaired) electrons. The first-order chi connectivity index (χ1) is 14.5. The summed E-state index contributed by atoms with van der Waals surface area (Å²) >= 11 is 0. The Labute approximate surface area is 170 Å². The standard InChI is InChI=1S/C24H15FO5/c25-18-7-5-16(6-8-18)22-13-14-23(30-22)20(26)11-9-19-10-12-21(29-19)15-1-3-17(4-2-15)24(27)28/h1-14H,(H,27,28)/b11-9+. The summed E-state index contributed by atoms with van der Waals surface area (Å²) in [6.45, 7) is 0. The molecule has 6 heteroatoms. The molecule has 148 valence electrons. The van der Waals surface area contributed by atoms with Gasteiger partial charge in [-0.2, -0.15) is 0 Å². The van der Waals surface area contributed by atoms with Crippen molar-refractivity contribution in [2.24, 2.45) is 0 Å². The van der Waals surface area contributed by atoms with Crippen LogP contribution in [0.25, 0.3) is 28.7 Å². The van der Waals surface area contributed by atoms with Gasteiger partial charge in [0.05, 0.1) is 5.56 Å². The van der Waals surface area contributed by atoms with E-state index in [-0.39, 0.29) is 22.9 Å². The fourth-order valence-corrected chi connectivity index (χ4v) is 2.85. The molecule has 0 fully saturated rings. The third-order valence-corrected chi connectivity index (χ3v) is 4.42. The van der Waals surface area contributed by atoms with Crippen LogP contribution >= 0.6 is 0 Å². The summed E-state index contributed by atoms with van der Waals surface area (Å²) in [5.74, 6) is -0.0454. The topological polar surface area (TPSA) is 80.6 Å². The number of benzene rings is 2. The molecular weight excluding hydrogens is 387 g/mol. The van der Waals surface area contributed by atoms with Gasteiger partial charge in [-0.15, -0.1) is 0 Å². The van der Waals surface area contributed by atoms with Crippen LogP contribution in [-0.2, 0) is 0 Å². The van der Waals surface area contributed by atoms with E-state index in [9.17, 15) is 14.0 Å². The number of hydrogen-bond acceptors (Lipinski definition) is 4. The number of rotatable bonds is 6. The van der Waals surface area contributed by atoms with Gasteiger partial charge in [0.15, 0.2) is 5.76 Å². The first-order valence-corrected chi connectivity index (χ1v) is 9.01. The zero-order chi connectivity index (χ0) is 21.1. The minimum absolute atomic E-state index is 0.154. The van der Waals surface area contributed by atoms with E-state index >= 15 is 0 Å². The van der Waals surface area contributed by atoms with E-state index in [1.807, 2.05) is 0 Å². The Hall–Kier alpha value is -4.19. The second-order valence-electron chi connectivity index (χ2n) is 6.45. The van der Waals surface area contributed by atoms with Crippen molar-refractivity contribution in [3.63, 3.8) is 0 Å². The second kappa shape index (κ2) is 8.05. The molecule has 0 unspecified atom stereocenters. The Morgan fingerprint density at radius 1 is 0.767 bits per heavy atom. The maximum atomic E-state index is 13.0. The van der Waals surface area contributed by atoms with Crippen molar-refractivity contribution in [2.45, 2.75) is 0 Å². The summed E-state index contributed by atoms with van der Waals surface area (Å²) in [7, 11) is 0. The lowest BCUT2D eigenvalue weighted by Gasteiger charge is -1.98. The lowest BCUT2D eigenvalue weighted by molar-refractivity contribution is 0.0696. The third kappa shape index (κ3) is 4.12. The summed E-state index contributed by atoms with van der Waals surface area (Å²) in [6.07, 6.45) is 2.86. The summed E-state index contributed by atoms with van der Waals surface area (Å²) in [6, 6.07) is 18.7. The van der Waals surface area contributed by atoms with Gasteiger partial charge in [0, 0.05) is 11.1 Å². The largest absolute Gasteiger partial charge is 0.478 e. The van der Waals surface area contributed by atoms with E-state index < -0.39 is 5.97 Å². The van der Waals surface area contributed by atoms with Gasteiger partial charge in [0.25, 0.3) is 0 Å². The van der Waals surface area contributed by atoms with E-state index in [1.54, 1.807) is 48.5 Å². The summed E-state index contributed by atoms with van der Waals surface area (Å²) in [4.78, 5) is 23.3. The molecule has 0 aliphatic heterocycles. The minimum atomic E-state index is -0.997. The van der Waals surface area contributed by atoms with Crippen molar-refractivity contribution < 1.29 is 27.9 Å². The normalized spacial score (nSPS) is 11.1. The molecule has 2 aromatic carbocycles. The third-order valence-electron chi connectivity index (χ3n) is 4.42. The summed E-state index contributed by atoms with van der Waals surface area (Å²) in [5, 5.41) is 8.96. The smallest absolute Gasteiger partial charge is 0.335 e. The van der Waals surface area contributed by atoms with Crippen molar-refractivity contribution in [3.8, 4) is 22.6 Å². The molecule has 2 heterocycles. The number of allylic oxidation sites excluding steroid dienone is 1. The Kier molecular flexibility index (Phi) is 5.13. The number of halogens is 1. The first-order valence-electron chi connectivity index (χ1n) is 9.01. The summed E-state index contributed by atoms with van der Waals surface area (Å²) < 4.78 is 24.3. The minimum Gasteiger partial charge on any atom is -0.478 e. The Bertz CT molecular complexity index is 1230. The highest BCUT2D eigenvalue weighted by Gasteiger charge is 2.11. The molecule has 5 nitrogen and oxygen atoms in total. The zero-order valence-electron chi connectivity index (χ0n) is 15.5. The second-order valence-corrected chi connectivity index (χ2v) is 6.45. The number of aromatic carboxylic acids is 1. The van der Waals surface area contributed by atoms with E-state index in [4.69, 9.17) is 13.9 Å². The van der Waals surface area contributed by atoms with E-state index in [0.29, 0.717) is 22.8 Å². The molecule has 0 bridgehead atoms. The highest BCUT2D eigenvalue weighted by Crippen LogP contribution is 2.25. The lowest BCUT2D eigenvalue weighted by atomic mass is 10.1. The van der Waals surface area contributed by atoms with Gasteiger partial charge in [0.2, 0.25) is 5.78 Å². The SMILES string of the molecule is O=C(O)c1ccc(-c2ccc(/C=C/C(=O)c3ccc(-c4ccc(F)cc4)o3)o2)cc1. The van der Waals surface area contributed by atoms with Gasteiger partial charge in [0.1, 0.15) is 23.1 Å².